The zero-order valence-corrected chi connectivity index (χ0v) is 10.4. The second-order valence-electron chi connectivity index (χ2n) is 3.79. The summed E-state index contributed by atoms with van der Waals surface area (Å²) in [6.07, 6.45) is 0.959. The Labute approximate surface area is 102 Å². The van der Waals surface area contributed by atoms with Crippen molar-refractivity contribution in [2.24, 2.45) is 5.73 Å². The predicted octanol–water partition coefficient (Wildman–Crippen LogP) is 1.61. The summed E-state index contributed by atoms with van der Waals surface area (Å²) in [6.45, 7) is 5.37. The number of primary amides is 1. The average molecular weight is 236 g/mol. The van der Waals surface area contributed by atoms with E-state index in [1.807, 2.05) is 38.1 Å². The fraction of sp³-hybridized carbons (Fsp3) is 0.462. The molecule has 1 atom stereocenters. The minimum absolute atomic E-state index is 0.359. The summed E-state index contributed by atoms with van der Waals surface area (Å²) in [7, 11) is 0. The summed E-state index contributed by atoms with van der Waals surface area (Å²) < 4.78 is 5.35. The molecule has 0 bridgehead atoms. The van der Waals surface area contributed by atoms with Crippen LogP contribution in [0.4, 0.5) is 0 Å². The second-order valence-corrected chi connectivity index (χ2v) is 3.79. The molecular formula is C13H20N2O2. The van der Waals surface area contributed by atoms with Crippen LogP contribution in [-0.4, -0.2) is 19.1 Å². The quantitative estimate of drug-likeness (QED) is 0.756. The van der Waals surface area contributed by atoms with Crippen LogP contribution in [0.2, 0.25) is 0 Å². The van der Waals surface area contributed by atoms with Gasteiger partial charge in [-0.1, -0.05) is 19.1 Å². The SMILES string of the molecule is CCCNC(C(N)=O)c1ccc(OCC)cc1. The molecule has 0 radical (unpaired) electrons. The largest absolute Gasteiger partial charge is 0.494 e. The Kier molecular flexibility index (Phi) is 5.49. The molecule has 0 aliphatic heterocycles. The minimum atomic E-state index is -0.425. The van der Waals surface area contributed by atoms with Crippen LogP contribution in [0.15, 0.2) is 24.3 Å². The van der Waals surface area contributed by atoms with Crippen LogP contribution in [0.3, 0.4) is 0 Å². The fourth-order valence-electron chi connectivity index (χ4n) is 1.59. The highest BCUT2D eigenvalue weighted by Gasteiger charge is 2.16. The molecule has 17 heavy (non-hydrogen) atoms. The highest BCUT2D eigenvalue weighted by molar-refractivity contribution is 5.81. The molecule has 0 aliphatic rings. The summed E-state index contributed by atoms with van der Waals surface area (Å²) in [4.78, 5) is 11.3. The lowest BCUT2D eigenvalue weighted by Gasteiger charge is -2.15. The number of ether oxygens (including phenoxy) is 1. The third-order valence-electron chi connectivity index (χ3n) is 2.41. The molecule has 1 unspecified atom stereocenters. The lowest BCUT2D eigenvalue weighted by molar-refractivity contribution is -0.120. The Balaban J connectivity index is 2.76. The number of hydrogen-bond donors (Lipinski definition) is 2. The van der Waals surface area contributed by atoms with Crippen LogP contribution in [-0.2, 0) is 4.79 Å². The van der Waals surface area contributed by atoms with Gasteiger partial charge in [-0.25, -0.2) is 0 Å². The third kappa shape index (κ3) is 4.07. The standard InChI is InChI=1S/C13H20N2O2/c1-3-9-15-12(13(14)16)10-5-7-11(8-6-10)17-4-2/h5-8,12,15H,3-4,9H2,1-2H3,(H2,14,16). The highest BCUT2D eigenvalue weighted by atomic mass is 16.5. The molecule has 4 heteroatoms. The zero-order chi connectivity index (χ0) is 12.7. The smallest absolute Gasteiger partial charge is 0.239 e. The normalized spacial score (nSPS) is 12.1. The Morgan fingerprint density at radius 1 is 1.35 bits per heavy atom. The van der Waals surface area contributed by atoms with Crippen molar-refractivity contribution in [3.63, 3.8) is 0 Å². The van der Waals surface area contributed by atoms with Crippen molar-refractivity contribution in [2.75, 3.05) is 13.2 Å². The molecule has 1 aromatic carbocycles. The number of hydrogen-bond acceptors (Lipinski definition) is 3. The number of amides is 1. The van der Waals surface area contributed by atoms with Crippen LogP contribution in [0.5, 0.6) is 5.75 Å². The van der Waals surface area contributed by atoms with Crippen molar-refractivity contribution < 1.29 is 9.53 Å². The predicted molar refractivity (Wildman–Crippen MR) is 67.8 cm³/mol. The zero-order valence-electron chi connectivity index (χ0n) is 10.4. The van der Waals surface area contributed by atoms with Gasteiger partial charge >= 0.3 is 0 Å². The first-order chi connectivity index (χ1) is 8.19. The third-order valence-corrected chi connectivity index (χ3v) is 2.41. The van der Waals surface area contributed by atoms with Gasteiger partial charge in [0.05, 0.1) is 6.61 Å². The van der Waals surface area contributed by atoms with E-state index in [4.69, 9.17) is 10.5 Å². The molecule has 4 nitrogen and oxygen atoms in total. The molecule has 0 saturated heterocycles. The van der Waals surface area contributed by atoms with E-state index in [0.29, 0.717) is 6.61 Å². The van der Waals surface area contributed by atoms with Crippen molar-refractivity contribution in [1.82, 2.24) is 5.32 Å². The van der Waals surface area contributed by atoms with E-state index in [9.17, 15) is 4.79 Å². The van der Waals surface area contributed by atoms with E-state index in [1.165, 1.54) is 0 Å². The molecule has 1 amide bonds. The maximum absolute atomic E-state index is 11.3. The van der Waals surface area contributed by atoms with Crippen LogP contribution >= 0.6 is 0 Å². The molecule has 0 aromatic heterocycles. The van der Waals surface area contributed by atoms with E-state index >= 15 is 0 Å². The fourth-order valence-corrected chi connectivity index (χ4v) is 1.59. The molecule has 1 aromatic rings. The number of carbonyl (C=O) groups is 1. The van der Waals surface area contributed by atoms with E-state index in [2.05, 4.69) is 5.32 Å². The van der Waals surface area contributed by atoms with Crippen molar-refractivity contribution >= 4 is 5.91 Å². The van der Waals surface area contributed by atoms with Crippen LogP contribution in [0, 0.1) is 0 Å². The molecule has 0 fully saturated rings. The first-order valence-corrected chi connectivity index (χ1v) is 5.94. The maximum Gasteiger partial charge on any atom is 0.239 e. The summed E-state index contributed by atoms with van der Waals surface area (Å²) in [5, 5.41) is 3.12. The summed E-state index contributed by atoms with van der Waals surface area (Å²) in [5.74, 6) is 0.442. The topological polar surface area (TPSA) is 64.3 Å². The number of rotatable bonds is 7. The van der Waals surface area contributed by atoms with Gasteiger partial charge in [-0.2, -0.15) is 0 Å². The van der Waals surface area contributed by atoms with Gasteiger partial charge in [-0.3, -0.25) is 4.79 Å². The van der Waals surface area contributed by atoms with E-state index in [-0.39, 0.29) is 5.91 Å². The molecule has 3 N–H and O–H groups in total. The van der Waals surface area contributed by atoms with Gasteiger partial charge in [0, 0.05) is 0 Å². The van der Waals surface area contributed by atoms with Gasteiger partial charge in [-0.05, 0) is 37.6 Å². The van der Waals surface area contributed by atoms with Crippen molar-refractivity contribution in [2.45, 2.75) is 26.3 Å². The molecule has 94 valence electrons. The number of nitrogens with one attached hydrogen (secondary N) is 1. The van der Waals surface area contributed by atoms with E-state index in [0.717, 1.165) is 24.3 Å². The second kappa shape index (κ2) is 6.91. The summed E-state index contributed by atoms with van der Waals surface area (Å²) in [5.41, 5.74) is 6.24. The monoisotopic (exact) mass is 236 g/mol. The number of nitrogens with two attached hydrogens (primary N) is 1. The summed E-state index contributed by atoms with van der Waals surface area (Å²) >= 11 is 0. The molecule has 0 aliphatic carbocycles. The summed E-state index contributed by atoms with van der Waals surface area (Å²) in [6, 6.07) is 7.00. The molecule has 0 spiro atoms. The minimum Gasteiger partial charge on any atom is -0.494 e. The lowest BCUT2D eigenvalue weighted by Crippen LogP contribution is -2.34. The Morgan fingerprint density at radius 2 is 2.00 bits per heavy atom. The van der Waals surface area contributed by atoms with E-state index in [1.54, 1.807) is 0 Å². The van der Waals surface area contributed by atoms with Gasteiger partial charge < -0.3 is 15.8 Å². The van der Waals surface area contributed by atoms with Crippen LogP contribution in [0.1, 0.15) is 31.9 Å². The van der Waals surface area contributed by atoms with Crippen molar-refractivity contribution in [3.8, 4) is 5.75 Å². The Bertz CT molecular complexity index is 349. The molecule has 0 heterocycles. The number of carbonyl (C=O) groups excluding carboxylic acids is 1. The Morgan fingerprint density at radius 3 is 2.47 bits per heavy atom. The lowest BCUT2D eigenvalue weighted by atomic mass is 10.1. The van der Waals surface area contributed by atoms with Crippen molar-refractivity contribution in [1.29, 1.82) is 0 Å². The number of benzene rings is 1. The Hall–Kier alpha value is -1.55. The molecule has 1 rings (SSSR count). The first kappa shape index (κ1) is 13.5. The van der Waals surface area contributed by atoms with Crippen molar-refractivity contribution in [3.05, 3.63) is 29.8 Å². The first-order valence-electron chi connectivity index (χ1n) is 5.94. The molecular weight excluding hydrogens is 216 g/mol. The average Bonchev–Trinajstić information content (AvgIpc) is 2.31. The molecule has 0 saturated carbocycles. The van der Waals surface area contributed by atoms with Crippen LogP contribution < -0.4 is 15.8 Å². The van der Waals surface area contributed by atoms with E-state index < -0.39 is 6.04 Å². The van der Waals surface area contributed by atoms with Gasteiger partial charge in [0.15, 0.2) is 0 Å². The van der Waals surface area contributed by atoms with Gasteiger partial charge in [0.1, 0.15) is 11.8 Å². The maximum atomic E-state index is 11.3. The van der Waals surface area contributed by atoms with Crippen LogP contribution in [0.25, 0.3) is 0 Å². The van der Waals surface area contributed by atoms with Gasteiger partial charge in [0.2, 0.25) is 5.91 Å². The highest BCUT2D eigenvalue weighted by Crippen LogP contribution is 2.17. The van der Waals surface area contributed by atoms with Gasteiger partial charge in [0.25, 0.3) is 0 Å². The van der Waals surface area contributed by atoms with Gasteiger partial charge in [-0.15, -0.1) is 0 Å².